The fourth-order valence-corrected chi connectivity index (χ4v) is 1.55. The van der Waals surface area contributed by atoms with E-state index in [1.54, 1.807) is 12.1 Å². The average Bonchev–Trinajstić information content (AvgIpc) is 2.42. The number of ether oxygens (including phenoxy) is 3. The molecular formula is C12H17N3O5. The lowest BCUT2D eigenvalue weighted by molar-refractivity contribution is -0.118. The lowest BCUT2D eigenvalue weighted by Gasteiger charge is -2.14. The number of carbonyl (C=O) groups is 2. The molecule has 0 unspecified atom stereocenters. The smallest absolute Gasteiger partial charge is 0.318 e. The van der Waals surface area contributed by atoms with Crippen LogP contribution in [0.3, 0.4) is 0 Å². The topological polar surface area (TPSA) is 112 Å². The van der Waals surface area contributed by atoms with Crippen molar-refractivity contribution in [2.24, 2.45) is 5.73 Å². The Bertz CT molecular complexity index is 479. The van der Waals surface area contributed by atoms with Gasteiger partial charge in [0.1, 0.15) is 0 Å². The molecule has 0 heterocycles. The van der Waals surface area contributed by atoms with E-state index in [0.29, 0.717) is 22.9 Å². The molecule has 8 nitrogen and oxygen atoms in total. The molecule has 1 rings (SSSR count). The number of nitrogens with one attached hydrogen (secondary N) is 2. The summed E-state index contributed by atoms with van der Waals surface area (Å²) in [5.41, 5.74) is 5.40. The van der Waals surface area contributed by atoms with Gasteiger partial charge < -0.3 is 25.3 Å². The molecule has 3 amide bonds. The minimum atomic E-state index is -0.901. The van der Waals surface area contributed by atoms with Crippen molar-refractivity contribution in [3.05, 3.63) is 12.1 Å². The summed E-state index contributed by atoms with van der Waals surface area (Å²) < 4.78 is 15.5. The highest BCUT2D eigenvalue weighted by Crippen LogP contribution is 2.39. The minimum absolute atomic E-state index is 0.123. The first kappa shape index (κ1) is 15.4. The van der Waals surface area contributed by atoms with Gasteiger partial charge in [0, 0.05) is 17.8 Å². The Morgan fingerprint density at radius 3 is 2.05 bits per heavy atom. The van der Waals surface area contributed by atoms with Crippen molar-refractivity contribution in [3.63, 3.8) is 0 Å². The van der Waals surface area contributed by atoms with E-state index in [-0.39, 0.29) is 6.54 Å². The summed E-state index contributed by atoms with van der Waals surface area (Å²) in [6, 6.07) is 2.37. The molecule has 0 bridgehead atoms. The number of benzene rings is 1. The number of primary amides is 1. The molecule has 110 valence electrons. The normalized spacial score (nSPS) is 9.55. The number of methoxy groups -OCH3 is 3. The van der Waals surface area contributed by atoms with Crippen LogP contribution in [0.4, 0.5) is 10.5 Å². The number of urea groups is 1. The molecule has 0 radical (unpaired) electrons. The molecule has 0 saturated heterocycles. The van der Waals surface area contributed by atoms with E-state index in [9.17, 15) is 9.59 Å². The van der Waals surface area contributed by atoms with Crippen molar-refractivity contribution in [2.75, 3.05) is 33.2 Å². The second-order valence-corrected chi connectivity index (χ2v) is 3.68. The van der Waals surface area contributed by atoms with Crippen LogP contribution in [0.5, 0.6) is 17.2 Å². The van der Waals surface area contributed by atoms with E-state index >= 15 is 0 Å². The summed E-state index contributed by atoms with van der Waals surface area (Å²) in [4.78, 5) is 21.8. The number of amides is 3. The van der Waals surface area contributed by atoms with Gasteiger partial charge in [-0.2, -0.15) is 0 Å². The van der Waals surface area contributed by atoms with Gasteiger partial charge in [-0.15, -0.1) is 0 Å². The first-order valence-corrected chi connectivity index (χ1v) is 5.65. The maximum absolute atomic E-state index is 11.3. The quantitative estimate of drug-likeness (QED) is 0.693. The highest BCUT2D eigenvalue weighted by Gasteiger charge is 2.13. The summed E-state index contributed by atoms with van der Waals surface area (Å²) >= 11 is 0. The SMILES string of the molecule is COc1cc(NCC(=O)NC(N)=O)cc(OC)c1OC. The molecule has 0 atom stereocenters. The molecule has 4 N–H and O–H groups in total. The van der Waals surface area contributed by atoms with Gasteiger partial charge in [0.2, 0.25) is 11.7 Å². The van der Waals surface area contributed by atoms with Crippen molar-refractivity contribution in [2.45, 2.75) is 0 Å². The Balaban J connectivity index is 2.85. The van der Waals surface area contributed by atoms with Gasteiger partial charge in [0.15, 0.2) is 11.5 Å². The molecular weight excluding hydrogens is 266 g/mol. The van der Waals surface area contributed by atoms with Gasteiger partial charge >= 0.3 is 6.03 Å². The van der Waals surface area contributed by atoms with E-state index in [1.165, 1.54) is 21.3 Å². The van der Waals surface area contributed by atoms with Gasteiger partial charge in [0.05, 0.1) is 27.9 Å². The molecule has 1 aromatic carbocycles. The van der Waals surface area contributed by atoms with E-state index in [2.05, 4.69) is 5.32 Å². The third-order valence-corrected chi connectivity index (χ3v) is 2.38. The van der Waals surface area contributed by atoms with Crippen LogP contribution in [0, 0.1) is 0 Å². The maximum Gasteiger partial charge on any atom is 0.318 e. The van der Waals surface area contributed by atoms with Gasteiger partial charge in [-0.25, -0.2) is 4.79 Å². The third kappa shape index (κ3) is 3.94. The second kappa shape index (κ2) is 7.07. The van der Waals surface area contributed by atoms with Crippen LogP contribution >= 0.6 is 0 Å². The lowest BCUT2D eigenvalue weighted by atomic mass is 10.2. The minimum Gasteiger partial charge on any atom is -0.493 e. The molecule has 0 saturated carbocycles. The Morgan fingerprint density at radius 2 is 1.65 bits per heavy atom. The van der Waals surface area contributed by atoms with Gasteiger partial charge in [-0.05, 0) is 0 Å². The van der Waals surface area contributed by atoms with E-state index < -0.39 is 11.9 Å². The first-order chi connectivity index (χ1) is 9.51. The standard InChI is InChI=1S/C12H17N3O5/c1-18-8-4-7(5-9(19-2)11(8)20-3)14-6-10(16)15-12(13)17/h4-5,14H,6H2,1-3H3,(H3,13,15,16,17). The van der Waals surface area contributed by atoms with Gasteiger partial charge in [0.25, 0.3) is 0 Å². The second-order valence-electron chi connectivity index (χ2n) is 3.68. The number of hydrogen-bond donors (Lipinski definition) is 3. The predicted molar refractivity (Wildman–Crippen MR) is 72.3 cm³/mol. The fourth-order valence-electron chi connectivity index (χ4n) is 1.55. The van der Waals surface area contributed by atoms with Crippen molar-refractivity contribution in [3.8, 4) is 17.2 Å². The first-order valence-electron chi connectivity index (χ1n) is 5.65. The van der Waals surface area contributed by atoms with Crippen LogP contribution < -0.4 is 30.6 Å². The zero-order valence-electron chi connectivity index (χ0n) is 11.5. The summed E-state index contributed by atoms with van der Waals surface area (Å²) in [5, 5.41) is 4.76. The van der Waals surface area contributed by atoms with Crippen molar-refractivity contribution < 1.29 is 23.8 Å². The van der Waals surface area contributed by atoms with E-state index in [4.69, 9.17) is 19.9 Å². The van der Waals surface area contributed by atoms with Crippen LogP contribution in [0.25, 0.3) is 0 Å². The molecule has 0 aliphatic heterocycles. The van der Waals surface area contributed by atoms with Crippen LogP contribution in [-0.4, -0.2) is 39.8 Å². The molecule has 0 spiro atoms. The van der Waals surface area contributed by atoms with Crippen LogP contribution in [0.15, 0.2) is 12.1 Å². The molecule has 0 aromatic heterocycles. The molecule has 0 aliphatic carbocycles. The fraction of sp³-hybridized carbons (Fsp3) is 0.333. The summed E-state index contributed by atoms with van der Waals surface area (Å²) in [6.45, 7) is -0.123. The number of imide groups is 1. The number of nitrogens with two attached hydrogens (primary N) is 1. The Morgan fingerprint density at radius 1 is 1.10 bits per heavy atom. The zero-order chi connectivity index (χ0) is 15.1. The molecule has 0 fully saturated rings. The van der Waals surface area contributed by atoms with Gasteiger partial charge in [-0.3, -0.25) is 10.1 Å². The highest BCUT2D eigenvalue weighted by molar-refractivity contribution is 5.95. The molecule has 0 aliphatic rings. The molecule has 1 aromatic rings. The van der Waals surface area contributed by atoms with E-state index in [1.807, 2.05) is 5.32 Å². The number of hydrogen-bond acceptors (Lipinski definition) is 6. The van der Waals surface area contributed by atoms with E-state index in [0.717, 1.165) is 0 Å². The summed E-state index contributed by atoms with van der Waals surface area (Å²) in [5.74, 6) is 0.794. The lowest BCUT2D eigenvalue weighted by Crippen LogP contribution is -2.38. The molecule has 20 heavy (non-hydrogen) atoms. The van der Waals surface area contributed by atoms with Crippen molar-refractivity contribution >= 4 is 17.6 Å². The Kier molecular flexibility index (Phi) is 5.45. The maximum atomic E-state index is 11.3. The van der Waals surface area contributed by atoms with Crippen LogP contribution in [0.2, 0.25) is 0 Å². The van der Waals surface area contributed by atoms with Crippen LogP contribution in [-0.2, 0) is 4.79 Å². The third-order valence-electron chi connectivity index (χ3n) is 2.38. The highest BCUT2D eigenvalue weighted by atomic mass is 16.5. The van der Waals surface area contributed by atoms with Gasteiger partial charge in [-0.1, -0.05) is 0 Å². The summed E-state index contributed by atoms with van der Waals surface area (Å²) in [6.07, 6.45) is 0. The Labute approximate surface area is 116 Å². The van der Waals surface area contributed by atoms with Crippen molar-refractivity contribution in [1.29, 1.82) is 0 Å². The molecule has 8 heteroatoms. The predicted octanol–water partition coefficient (Wildman–Crippen LogP) is 0.319. The Hall–Kier alpha value is -2.64. The zero-order valence-corrected chi connectivity index (χ0v) is 11.5. The largest absolute Gasteiger partial charge is 0.493 e. The average molecular weight is 283 g/mol. The number of anilines is 1. The number of carbonyl (C=O) groups excluding carboxylic acids is 2. The monoisotopic (exact) mass is 283 g/mol. The number of rotatable bonds is 6. The van der Waals surface area contributed by atoms with Crippen LogP contribution in [0.1, 0.15) is 0 Å². The van der Waals surface area contributed by atoms with Crippen molar-refractivity contribution in [1.82, 2.24) is 5.32 Å². The summed E-state index contributed by atoms with van der Waals surface area (Å²) in [7, 11) is 4.47.